The second-order valence-electron chi connectivity index (χ2n) is 8.63. The molecule has 0 atom stereocenters. The Hall–Kier alpha value is -3.58. The summed E-state index contributed by atoms with van der Waals surface area (Å²) >= 11 is 0. The molecule has 1 aliphatic rings. The second-order valence-corrected chi connectivity index (χ2v) is 8.63. The van der Waals surface area contributed by atoms with Gasteiger partial charge in [-0.05, 0) is 85.2 Å². The molecule has 4 aromatic rings. The summed E-state index contributed by atoms with van der Waals surface area (Å²) in [5.74, 6) is 0. The van der Waals surface area contributed by atoms with E-state index in [1.165, 1.54) is 64.1 Å². The first kappa shape index (κ1) is 20.3. The van der Waals surface area contributed by atoms with Crippen molar-refractivity contribution in [3.05, 3.63) is 125 Å². The highest BCUT2D eigenvalue weighted by Gasteiger charge is 2.19. The Morgan fingerprint density at radius 2 is 1.22 bits per heavy atom. The van der Waals surface area contributed by atoms with Crippen molar-refractivity contribution in [2.75, 3.05) is 4.90 Å². The lowest BCUT2D eigenvalue weighted by atomic mass is 9.90. The van der Waals surface area contributed by atoms with Crippen LogP contribution in [0.3, 0.4) is 0 Å². The fraction of sp³-hybridized carbons (Fsp3) is 0.161. The minimum atomic E-state index is 1.16. The molecule has 5 rings (SSSR count). The molecule has 158 valence electrons. The smallest absolute Gasteiger partial charge is 0.0496 e. The Labute approximate surface area is 191 Å². The average Bonchev–Trinajstić information content (AvgIpc) is 2.85. The van der Waals surface area contributed by atoms with Gasteiger partial charge in [-0.2, -0.15) is 0 Å². The lowest BCUT2D eigenvalue weighted by Crippen LogP contribution is -2.15. The van der Waals surface area contributed by atoms with Gasteiger partial charge in [-0.15, -0.1) is 0 Å². The first-order valence-corrected chi connectivity index (χ1v) is 11.6. The quantitative estimate of drug-likeness (QED) is 0.295. The van der Waals surface area contributed by atoms with Gasteiger partial charge >= 0.3 is 0 Å². The van der Waals surface area contributed by atoms with Crippen LogP contribution in [0, 0.1) is 6.92 Å². The molecule has 0 spiro atoms. The van der Waals surface area contributed by atoms with E-state index in [-0.39, 0.29) is 0 Å². The van der Waals surface area contributed by atoms with Crippen LogP contribution in [0.2, 0.25) is 0 Å². The van der Waals surface area contributed by atoms with Crippen molar-refractivity contribution in [1.29, 1.82) is 0 Å². The Morgan fingerprint density at radius 3 is 1.94 bits per heavy atom. The van der Waals surface area contributed by atoms with Gasteiger partial charge in [0.25, 0.3) is 0 Å². The number of hydrogen-bond acceptors (Lipinski definition) is 1. The fourth-order valence-electron chi connectivity index (χ4n) is 4.58. The number of hydrogen-bond donors (Lipinski definition) is 0. The number of aryl methyl sites for hydroxylation is 2. The van der Waals surface area contributed by atoms with Crippen LogP contribution in [-0.2, 0) is 12.8 Å². The number of fused-ring (bicyclic) bond motifs is 1. The van der Waals surface area contributed by atoms with E-state index in [0.717, 1.165) is 6.42 Å². The molecular weight excluding hydrogens is 386 g/mol. The molecular formula is C31H29N. The highest BCUT2D eigenvalue weighted by molar-refractivity contribution is 5.80. The van der Waals surface area contributed by atoms with Crippen LogP contribution in [0.5, 0.6) is 0 Å². The number of rotatable bonds is 5. The van der Waals surface area contributed by atoms with Crippen LogP contribution in [0.4, 0.5) is 17.1 Å². The highest BCUT2D eigenvalue weighted by Crippen LogP contribution is 2.39. The van der Waals surface area contributed by atoms with Crippen LogP contribution in [-0.4, -0.2) is 0 Å². The molecule has 0 radical (unpaired) electrons. The van der Waals surface area contributed by atoms with Gasteiger partial charge in [0, 0.05) is 17.1 Å². The summed E-state index contributed by atoms with van der Waals surface area (Å²) in [7, 11) is 0. The van der Waals surface area contributed by atoms with E-state index in [4.69, 9.17) is 0 Å². The average molecular weight is 416 g/mol. The molecule has 0 bridgehead atoms. The maximum absolute atomic E-state index is 2.41. The molecule has 0 heterocycles. The topological polar surface area (TPSA) is 3.24 Å². The Morgan fingerprint density at radius 1 is 0.594 bits per heavy atom. The number of anilines is 3. The zero-order valence-corrected chi connectivity index (χ0v) is 18.7. The van der Waals surface area contributed by atoms with E-state index in [1.54, 1.807) is 0 Å². The van der Waals surface area contributed by atoms with E-state index in [9.17, 15) is 0 Å². The molecule has 1 heteroatoms. The van der Waals surface area contributed by atoms with Crippen molar-refractivity contribution in [2.24, 2.45) is 0 Å². The molecule has 0 saturated carbocycles. The third kappa shape index (κ3) is 4.38. The maximum atomic E-state index is 2.41. The van der Waals surface area contributed by atoms with Gasteiger partial charge in [-0.3, -0.25) is 0 Å². The van der Waals surface area contributed by atoms with E-state index < -0.39 is 0 Å². The van der Waals surface area contributed by atoms with Crippen LogP contribution < -0.4 is 4.90 Å². The predicted molar refractivity (Wildman–Crippen MR) is 138 cm³/mol. The number of para-hydroxylation sites is 1. The van der Waals surface area contributed by atoms with Crippen LogP contribution >= 0.6 is 0 Å². The summed E-state index contributed by atoms with van der Waals surface area (Å²) in [5, 5.41) is 0. The zero-order valence-electron chi connectivity index (χ0n) is 18.7. The lowest BCUT2D eigenvalue weighted by Gasteiger charge is -2.30. The molecule has 0 unspecified atom stereocenters. The van der Waals surface area contributed by atoms with E-state index in [2.05, 4.69) is 121 Å². The van der Waals surface area contributed by atoms with Crippen LogP contribution in [0.1, 0.15) is 40.7 Å². The SMILES string of the molecule is Cc1ccc(/C=C/c2ccc(N(c3ccccc3)c3cccc4c3CCCC4)cc2)cc1. The molecule has 1 aliphatic carbocycles. The van der Waals surface area contributed by atoms with Crippen molar-refractivity contribution in [1.82, 2.24) is 0 Å². The molecule has 0 N–H and O–H groups in total. The number of nitrogens with zero attached hydrogens (tertiary/aromatic N) is 1. The van der Waals surface area contributed by atoms with Crippen molar-refractivity contribution in [3.8, 4) is 0 Å². The maximum Gasteiger partial charge on any atom is 0.0496 e. The standard InChI is InChI=1S/C31H29N/c1-24-14-16-25(17-15-24)18-19-26-20-22-29(23-21-26)32(28-10-3-2-4-11-28)31-13-7-9-27-8-5-6-12-30(27)31/h2-4,7,9-11,13-23H,5-6,8,12H2,1H3/b19-18+. The van der Waals surface area contributed by atoms with Gasteiger partial charge in [0.1, 0.15) is 0 Å². The molecule has 4 aromatic carbocycles. The van der Waals surface area contributed by atoms with E-state index in [0.29, 0.717) is 0 Å². The largest absolute Gasteiger partial charge is 0.310 e. The Kier molecular flexibility index (Phi) is 5.89. The monoisotopic (exact) mass is 415 g/mol. The van der Waals surface area contributed by atoms with Crippen LogP contribution in [0.15, 0.2) is 97.1 Å². The molecule has 1 nitrogen and oxygen atoms in total. The summed E-state index contributed by atoms with van der Waals surface area (Å²) in [6.07, 6.45) is 9.28. The van der Waals surface area contributed by atoms with Crippen molar-refractivity contribution >= 4 is 29.2 Å². The highest BCUT2D eigenvalue weighted by atomic mass is 15.1. The zero-order chi connectivity index (χ0) is 21.8. The van der Waals surface area contributed by atoms with Gasteiger partial charge < -0.3 is 4.90 Å². The molecule has 32 heavy (non-hydrogen) atoms. The third-order valence-corrected chi connectivity index (χ3v) is 6.32. The van der Waals surface area contributed by atoms with Crippen molar-refractivity contribution in [3.63, 3.8) is 0 Å². The fourth-order valence-corrected chi connectivity index (χ4v) is 4.58. The van der Waals surface area contributed by atoms with Gasteiger partial charge in [-0.1, -0.05) is 84.4 Å². The van der Waals surface area contributed by atoms with Crippen molar-refractivity contribution in [2.45, 2.75) is 32.6 Å². The summed E-state index contributed by atoms with van der Waals surface area (Å²) < 4.78 is 0. The van der Waals surface area contributed by atoms with Crippen molar-refractivity contribution < 1.29 is 0 Å². The summed E-state index contributed by atoms with van der Waals surface area (Å²) in [5.41, 5.74) is 10.4. The van der Waals surface area contributed by atoms with Gasteiger partial charge in [0.2, 0.25) is 0 Å². The third-order valence-electron chi connectivity index (χ3n) is 6.32. The molecule has 0 amide bonds. The first-order valence-electron chi connectivity index (χ1n) is 11.6. The summed E-state index contributed by atoms with van der Waals surface area (Å²) in [4.78, 5) is 2.41. The van der Waals surface area contributed by atoms with E-state index >= 15 is 0 Å². The Bertz CT molecular complexity index is 1200. The molecule has 0 aromatic heterocycles. The lowest BCUT2D eigenvalue weighted by molar-refractivity contribution is 0.686. The van der Waals surface area contributed by atoms with Gasteiger partial charge in [0.15, 0.2) is 0 Å². The molecule has 0 aliphatic heterocycles. The summed E-state index contributed by atoms with van der Waals surface area (Å²) in [6.45, 7) is 2.12. The van der Waals surface area contributed by atoms with Gasteiger partial charge in [0.05, 0.1) is 0 Å². The molecule has 0 fully saturated rings. The second kappa shape index (κ2) is 9.28. The normalized spacial score (nSPS) is 13.2. The van der Waals surface area contributed by atoms with E-state index in [1.807, 2.05) is 0 Å². The van der Waals surface area contributed by atoms with Crippen LogP contribution in [0.25, 0.3) is 12.2 Å². The summed E-state index contributed by atoms with van der Waals surface area (Å²) in [6, 6.07) is 35.1. The molecule has 0 saturated heterocycles. The minimum absolute atomic E-state index is 1.16. The van der Waals surface area contributed by atoms with Gasteiger partial charge in [-0.25, -0.2) is 0 Å². The number of benzene rings is 4. The Balaban J connectivity index is 1.50. The predicted octanol–water partition coefficient (Wildman–Crippen LogP) is 8.51. The first-order chi connectivity index (χ1) is 15.8. The minimum Gasteiger partial charge on any atom is -0.310 e.